The van der Waals surface area contributed by atoms with E-state index in [2.05, 4.69) is 45.2 Å². The standard InChI is InChI=1S/C32H32BrClN4O2S/c1-20-2-9-25(10-3-20)41-32(31(40)37-14-12-24(35)13-15-37)17-29(39)38(19-21-4-6-22(33)7-5-21)30(32)27-18-36-28-16-23(34)8-11-26(27)28/h2-11,16,18,24,30,36H,12-15,17,19,35H2,1H3. The molecule has 2 fully saturated rings. The van der Waals surface area contributed by atoms with E-state index >= 15 is 0 Å². The number of rotatable bonds is 6. The lowest BCUT2D eigenvalue weighted by molar-refractivity contribution is -0.135. The van der Waals surface area contributed by atoms with E-state index in [-0.39, 0.29) is 24.3 Å². The van der Waals surface area contributed by atoms with Gasteiger partial charge >= 0.3 is 0 Å². The molecule has 1 aromatic heterocycles. The number of piperidine rings is 1. The van der Waals surface area contributed by atoms with E-state index in [9.17, 15) is 9.59 Å². The fourth-order valence-corrected chi connectivity index (χ4v) is 7.97. The molecule has 6 rings (SSSR count). The molecule has 212 valence electrons. The number of amides is 2. The summed E-state index contributed by atoms with van der Waals surface area (Å²) in [5.41, 5.74) is 10.2. The zero-order valence-electron chi connectivity index (χ0n) is 22.8. The number of nitrogens with one attached hydrogen (secondary N) is 1. The molecule has 3 aromatic carbocycles. The first kappa shape index (κ1) is 28.3. The Labute approximate surface area is 257 Å². The Bertz CT molecular complexity index is 1580. The van der Waals surface area contributed by atoms with Crippen LogP contribution in [0, 0.1) is 6.92 Å². The molecule has 2 aliphatic heterocycles. The molecular formula is C32H32BrClN4O2S. The lowest BCUT2D eigenvalue weighted by Gasteiger charge is -2.41. The lowest BCUT2D eigenvalue weighted by atomic mass is 9.89. The van der Waals surface area contributed by atoms with Gasteiger partial charge in [-0.25, -0.2) is 0 Å². The maximum Gasteiger partial charge on any atom is 0.242 e. The summed E-state index contributed by atoms with van der Waals surface area (Å²) in [6, 6.07) is 21.5. The highest BCUT2D eigenvalue weighted by molar-refractivity contribution is 9.10. The van der Waals surface area contributed by atoms with Crippen molar-refractivity contribution >= 4 is 62.0 Å². The number of thioether (sulfide) groups is 1. The summed E-state index contributed by atoms with van der Waals surface area (Å²) in [5.74, 6) is -0.0437. The van der Waals surface area contributed by atoms with Crippen LogP contribution in [-0.2, 0) is 16.1 Å². The third kappa shape index (κ3) is 5.55. The van der Waals surface area contributed by atoms with E-state index in [1.165, 1.54) is 11.8 Å². The first-order chi connectivity index (χ1) is 19.7. The molecule has 2 aliphatic rings. The fraction of sp³-hybridized carbons (Fsp3) is 0.312. The van der Waals surface area contributed by atoms with E-state index in [1.54, 1.807) is 0 Å². The maximum atomic E-state index is 14.8. The van der Waals surface area contributed by atoms with E-state index < -0.39 is 10.8 Å². The zero-order valence-corrected chi connectivity index (χ0v) is 25.9. The lowest BCUT2D eigenvalue weighted by Crippen LogP contribution is -2.53. The van der Waals surface area contributed by atoms with Crippen molar-refractivity contribution in [2.45, 2.75) is 54.5 Å². The molecule has 0 aliphatic carbocycles. The maximum absolute atomic E-state index is 14.8. The van der Waals surface area contributed by atoms with Gasteiger partial charge in [-0.1, -0.05) is 63.4 Å². The highest BCUT2D eigenvalue weighted by Crippen LogP contribution is 2.55. The highest BCUT2D eigenvalue weighted by atomic mass is 79.9. The third-order valence-electron chi connectivity index (χ3n) is 8.23. The predicted molar refractivity (Wildman–Crippen MR) is 169 cm³/mol. The van der Waals surface area contributed by atoms with Crippen LogP contribution < -0.4 is 5.73 Å². The number of nitrogens with two attached hydrogens (primary N) is 1. The van der Waals surface area contributed by atoms with E-state index in [0.29, 0.717) is 24.7 Å². The average Bonchev–Trinajstić information content (AvgIpc) is 3.48. The minimum Gasteiger partial charge on any atom is -0.361 e. The molecule has 0 radical (unpaired) electrons. The summed E-state index contributed by atoms with van der Waals surface area (Å²) in [6.45, 7) is 3.62. The molecule has 9 heteroatoms. The second-order valence-electron chi connectivity index (χ2n) is 11.1. The van der Waals surface area contributed by atoms with Gasteiger partial charge in [0.1, 0.15) is 4.75 Å². The molecule has 0 saturated carbocycles. The normalized spacial score (nSPS) is 21.7. The van der Waals surface area contributed by atoms with Crippen LogP contribution in [0.3, 0.4) is 0 Å². The zero-order chi connectivity index (χ0) is 28.7. The van der Waals surface area contributed by atoms with Gasteiger partial charge in [0.05, 0.1) is 12.5 Å². The molecule has 0 bridgehead atoms. The van der Waals surface area contributed by atoms with Crippen LogP contribution in [-0.4, -0.2) is 50.5 Å². The number of benzene rings is 3. The molecule has 4 aromatic rings. The topological polar surface area (TPSA) is 82.4 Å². The number of aromatic nitrogens is 1. The number of likely N-dealkylation sites (tertiary alicyclic amines) is 2. The van der Waals surface area contributed by atoms with Gasteiger partial charge < -0.3 is 20.5 Å². The molecule has 41 heavy (non-hydrogen) atoms. The van der Waals surface area contributed by atoms with Crippen LogP contribution >= 0.6 is 39.3 Å². The van der Waals surface area contributed by atoms with Gasteiger partial charge in [0, 0.05) is 62.7 Å². The van der Waals surface area contributed by atoms with Crippen molar-refractivity contribution < 1.29 is 9.59 Å². The summed E-state index contributed by atoms with van der Waals surface area (Å²) < 4.78 is -0.0976. The number of carbonyl (C=O) groups excluding carboxylic acids is 2. The molecule has 0 spiro atoms. The Morgan fingerprint density at radius 1 is 1.10 bits per heavy atom. The number of aryl methyl sites for hydroxylation is 1. The molecule has 3 N–H and O–H groups in total. The predicted octanol–water partition coefficient (Wildman–Crippen LogP) is 6.85. The van der Waals surface area contributed by atoms with Gasteiger partial charge in [0.15, 0.2) is 0 Å². The smallest absolute Gasteiger partial charge is 0.242 e. The monoisotopic (exact) mass is 650 g/mol. The van der Waals surface area contributed by atoms with Crippen LogP contribution in [0.15, 0.2) is 82.3 Å². The van der Waals surface area contributed by atoms with Crippen molar-refractivity contribution in [1.82, 2.24) is 14.8 Å². The number of hydrogen-bond acceptors (Lipinski definition) is 4. The van der Waals surface area contributed by atoms with Crippen LogP contribution in [0.1, 0.15) is 42.0 Å². The van der Waals surface area contributed by atoms with Crippen molar-refractivity contribution in [2.24, 2.45) is 5.73 Å². The van der Waals surface area contributed by atoms with E-state index in [1.807, 2.05) is 65.4 Å². The largest absolute Gasteiger partial charge is 0.361 e. The Hall–Kier alpha value is -2.78. The quantitative estimate of drug-likeness (QED) is 0.239. The summed E-state index contributed by atoms with van der Waals surface area (Å²) in [6.07, 6.45) is 3.56. The number of fused-ring (bicyclic) bond motifs is 1. The van der Waals surface area contributed by atoms with Gasteiger partial charge in [-0.05, 0) is 61.7 Å². The Balaban J connectivity index is 1.52. The molecule has 2 amide bonds. The van der Waals surface area contributed by atoms with Crippen LogP contribution in [0.25, 0.3) is 10.9 Å². The Kier molecular flexibility index (Phi) is 7.94. The van der Waals surface area contributed by atoms with Crippen molar-refractivity contribution in [2.75, 3.05) is 13.1 Å². The van der Waals surface area contributed by atoms with Crippen molar-refractivity contribution in [3.05, 3.63) is 99.1 Å². The molecule has 6 nitrogen and oxygen atoms in total. The second kappa shape index (κ2) is 11.5. The third-order valence-corrected chi connectivity index (χ3v) is 10.4. The first-order valence-electron chi connectivity index (χ1n) is 13.8. The Morgan fingerprint density at radius 2 is 1.80 bits per heavy atom. The minimum absolute atomic E-state index is 0.00468. The van der Waals surface area contributed by atoms with Gasteiger partial charge in [-0.3, -0.25) is 9.59 Å². The summed E-state index contributed by atoms with van der Waals surface area (Å²) in [7, 11) is 0. The summed E-state index contributed by atoms with van der Waals surface area (Å²) in [4.78, 5) is 37.1. The fourth-order valence-electron chi connectivity index (χ4n) is 6.07. The number of aromatic amines is 1. The van der Waals surface area contributed by atoms with E-state index in [0.717, 1.165) is 49.8 Å². The molecule has 2 unspecified atom stereocenters. The van der Waals surface area contributed by atoms with Crippen LogP contribution in [0.2, 0.25) is 5.02 Å². The molecule has 2 saturated heterocycles. The minimum atomic E-state index is -1.07. The number of nitrogens with zero attached hydrogens (tertiary/aromatic N) is 2. The van der Waals surface area contributed by atoms with Gasteiger partial charge in [-0.2, -0.15) is 0 Å². The number of hydrogen-bond donors (Lipinski definition) is 2. The van der Waals surface area contributed by atoms with Gasteiger partial charge in [0.2, 0.25) is 11.8 Å². The highest BCUT2D eigenvalue weighted by Gasteiger charge is 2.59. The number of halogens is 2. The number of carbonyl (C=O) groups is 2. The van der Waals surface area contributed by atoms with Gasteiger partial charge in [-0.15, -0.1) is 11.8 Å². The first-order valence-corrected chi connectivity index (χ1v) is 15.8. The van der Waals surface area contributed by atoms with Gasteiger partial charge in [0.25, 0.3) is 0 Å². The molecule has 2 atom stereocenters. The van der Waals surface area contributed by atoms with Crippen molar-refractivity contribution in [3.8, 4) is 0 Å². The average molecular weight is 652 g/mol. The molecule has 3 heterocycles. The van der Waals surface area contributed by atoms with Crippen LogP contribution in [0.5, 0.6) is 0 Å². The summed E-state index contributed by atoms with van der Waals surface area (Å²) >= 11 is 11.4. The second-order valence-corrected chi connectivity index (χ2v) is 13.9. The summed E-state index contributed by atoms with van der Waals surface area (Å²) in [5, 5.41) is 1.58. The number of H-pyrrole nitrogens is 1. The van der Waals surface area contributed by atoms with Crippen LogP contribution in [0.4, 0.5) is 0 Å². The molecular weight excluding hydrogens is 620 g/mol. The van der Waals surface area contributed by atoms with Crippen molar-refractivity contribution in [3.63, 3.8) is 0 Å². The SMILES string of the molecule is Cc1ccc(SC2(C(=O)N3CCC(N)CC3)CC(=O)N(Cc3ccc(Br)cc3)C2c2c[nH]c3cc(Cl)ccc23)cc1. The van der Waals surface area contributed by atoms with E-state index in [4.69, 9.17) is 17.3 Å². The van der Waals surface area contributed by atoms with Crippen molar-refractivity contribution in [1.29, 1.82) is 0 Å². The Morgan fingerprint density at radius 3 is 2.51 bits per heavy atom.